The molecule has 0 amide bonds. The van der Waals surface area contributed by atoms with Gasteiger partial charge in [-0.25, -0.2) is 0 Å². The first-order valence-electron chi connectivity index (χ1n) is 12.4. The van der Waals surface area contributed by atoms with E-state index in [0.717, 1.165) is 25.2 Å². The van der Waals surface area contributed by atoms with Crippen LogP contribution in [0.3, 0.4) is 0 Å². The summed E-state index contributed by atoms with van der Waals surface area (Å²) in [6.07, 6.45) is 2.50. The number of aromatic amines is 1. The predicted molar refractivity (Wildman–Crippen MR) is 133 cm³/mol. The highest BCUT2D eigenvalue weighted by atomic mass is 19.1. The van der Waals surface area contributed by atoms with Gasteiger partial charge in [-0.1, -0.05) is 36.7 Å². The number of likely N-dealkylation sites (tertiary alicyclic amines) is 1. The number of aromatic nitrogens is 1. The number of β-amino-alcohol motifs (C(OH)–C–C–N with tert-alkyl or cyclic N) is 1. The standard InChI is InChI=1S/C26H32BFN4O/c28-11-3-12-31-15-22(23(33)16-31)29-18-8-6-17(7-9-18)26-25-20(10-13-32(26)24-14-27-24)19-4-1-2-5-21(19)30-25/h1-2,4-9,22-24,26-27,29-30,33H,3,10-16H2. The molecule has 1 aromatic heterocycles. The Morgan fingerprint density at radius 1 is 1.12 bits per heavy atom. The summed E-state index contributed by atoms with van der Waals surface area (Å²) in [5.74, 6) is 0.691. The van der Waals surface area contributed by atoms with Crippen molar-refractivity contribution in [3.63, 3.8) is 0 Å². The predicted octanol–water partition coefficient (Wildman–Crippen LogP) is 3.13. The summed E-state index contributed by atoms with van der Waals surface area (Å²) < 4.78 is 12.5. The number of benzene rings is 2. The molecule has 0 spiro atoms. The van der Waals surface area contributed by atoms with Crippen LogP contribution in [0.25, 0.3) is 10.9 Å². The third kappa shape index (κ3) is 4.07. The summed E-state index contributed by atoms with van der Waals surface area (Å²) >= 11 is 0. The maximum Gasteiger partial charge on any atom is 0.142 e. The second-order valence-electron chi connectivity index (χ2n) is 9.93. The number of anilines is 1. The van der Waals surface area contributed by atoms with E-state index in [1.165, 1.54) is 41.3 Å². The Bertz CT molecular complexity index is 1120. The van der Waals surface area contributed by atoms with E-state index in [0.29, 0.717) is 25.5 Å². The molecule has 3 N–H and O–H groups in total. The van der Waals surface area contributed by atoms with Gasteiger partial charge in [-0.3, -0.25) is 14.2 Å². The summed E-state index contributed by atoms with van der Waals surface area (Å²) in [5.41, 5.74) is 6.40. The number of nitrogens with one attached hydrogen (secondary N) is 2. The average Bonchev–Trinajstić information content (AvgIpc) is 3.53. The van der Waals surface area contributed by atoms with Crippen molar-refractivity contribution in [1.82, 2.24) is 14.8 Å². The van der Waals surface area contributed by atoms with E-state index in [4.69, 9.17) is 0 Å². The summed E-state index contributed by atoms with van der Waals surface area (Å²) in [5, 5.41) is 15.3. The fourth-order valence-electron chi connectivity index (χ4n) is 5.87. The Morgan fingerprint density at radius 3 is 2.73 bits per heavy atom. The van der Waals surface area contributed by atoms with Gasteiger partial charge in [0.05, 0.1) is 24.9 Å². The molecule has 0 aliphatic carbocycles. The quantitative estimate of drug-likeness (QED) is 0.489. The molecule has 0 radical (unpaired) electrons. The minimum absolute atomic E-state index is 0.0200. The molecule has 2 fully saturated rings. The molecule has 7 heteroatoms. The number of nitrogens with zero attached hydrogens (tertiary/aromatic N) is 2. The van der Waals surface area contributed by atoms with E-state index < -0.39 is 6.10 Å². The smallest absolute Gasteiger partial charge is 0.142 e. The van der Waals surface area contributed by atoms with Crippen LogP contribution in [0.2, 0.25) is 6.32 Å². The lowest BCUT2D eigenvalue weighted by Gasteiger charge is -2.37. The highest BCUT2D eigenvalue weighted by Crippen LogP contribution is 2.42. The Balaban J connectivity index is 1.24. The third-order valence-corrected chi connectivity index (χ3v) is 7.64. The normalized spacial score (nSPS) is 27.5. The number of aliphatic hydroxyl groups is 1. The lowest BCUT2D eigenvalue weighted by atomic mass is 9.90. The van der Waals surface area contributed by atoms with Gasteiger partial charge in [0.25, 0.3) is 0 Å². The van der Waals surface area contributed by atoms with Crippen molar-refractivity contribution < 1.29 is 9.50 Å². The number of fused-ring (bicyclic) bond motifs is 3. The van der Waals surface area contributed by atoms with Crippen LogP contribution in [0.4, 0.5) is 10.1 Å². The molecule has 4 unspecified atom stereocenters. The monoisotopic (exact) mass is 446 g/mol. The number of H-pyrrole nitrogens is 1. The number of halogens is 1. The molecule has 4 heterocycles. The molecule has 2 aromatic carbocycles. The van der Waals surface area contributed by atoms with Gasteiger partial charge in [-0.2, -0.15) is 0 Å². The minimum atomic E-state index is -0.429. The van der Waals surface area contributed by atoms with Crippen molar-refractivity contribution in [2.75, 3.05) is 38.2 Å². The maximum atomic E-state index is 12.5. The summed E-state index contributed by atoms with van der Waals surface area (Å²) in [6, 6.07) is 17.7. The van der Waals surface area contributed by atoms with Gasteiger partial charge < -0.3 is 15.4 Å². The van der Waals surface area contributed by atoms with Crippen molar-refractivity contribution >= 4 is 23.9 Å². The second-order valence-corrected chi connectivity index (χ2v) is 9.93. The molecule has 0 bridgehead atoms. The van der Waals surface area contributed by atoms with Crippen LogP contribution in [0, 0.1) is 0 Å². The second kappa shape index (κ2) is 8.78. The van der Waals surface area contributed by atoms with Gasteiger partial charge in [-0.05, 0) is 48.1 Å². The topological polar surface area (TPSA) is 54.5 Å². The molecule has 3 aromatic rings. The highest BCUT2D eigenvalue weighted by Gasteiger charge is 2.40. The van der Waals surface area contributed by atoms with Crippen LogP contribution in [0.1, 0.15) is 29.3 Å². The summed E-state index contributed by atoms with van der Waals surface area (Å²) in [7, 11) is 1.30. The number of para-hydroxylation sites is 1. The molecule has 4 atom stereocenters. The van der Waals surface area contributed by atoms with E-state index in [2.05, 4.69) is 68.6 Å². The van der Waals surface area contributed by atoms with Crippen molar-refractivity contribution in [1.29, 1.82) is 0 Å². The molecule has 2 saturated heterocycles. The van der Waals surface area contributed by atoms with Crippen molar-refractivity contribution in [2.45, 2.75) is 43.3 Å². The SMILES string of the molecule is OC1CN(CCCF)CC1Nc1ccc(C2c3[nH]c4ccccc4c3CCN2C2BC2)cc1. The van der Waals surface area contributed by atoms with E-state index >= 15 is 0 Å². The van der Waals surface area contributed by atoms with Gasteiger partial charge in [0.2, 0.25) is 0 Å². The zero-order valence-corrected chi connectivity index (χ0v) is 19.0. The zero-order valence-electron chi connectivity index (χ0n) is 19.0. The van der Waals surface area contributed by atoms with E-state index in [9.17, 15) is 9.50 Å². The van der Waals surface area contributed by atoms with Crippen molar-refractivity contribution in [3.8, 4) is 0 Å². The molecule has 5 nitrogen and oxygen atoms in total. The fraction of sp³-hybridized carbons (Fsp3) is 0.462. The fourth-order valence-corrected chi connectivity index (χ4v) is 5.87. The van der Waals surface area contributed by atoms with Crippen LogP contribution < -0.4 is 5.32 Å². The lowest BCUT2D eigenvalue weighted by molar-refractivity contribution is 0.168. The van der Waals surface area contributed by atoms with Crippen LogP contribution in [-0.2, 0) is 6.42 Å². The first-order chi connectivity index (χ1) is 16.2. The number of hydrogen-bond donors (Lipinski definition) is 3. The molecular weight excluding hydrogens is 414 g/mol. The van der Waals surface area contributed by atoms with Gasteiger partial charge >= 0.3 is 0 Å². The number of hydrogen-bond acceptors (Lipinski definition) is 4. The molecule has 172 valence electrons. The van der Waals surface area contributed by atoms with Gasteiger partial charge in [0.15, 0.2) is 0 Å². The van der Waals surface area contributed by atoms with Gasteiger partial charge in [0.1, 0.15) is 7.28 Å². The first kappa shape index (κ1) is 21.2. The molecule has 3 aliphatic rings. The molecular formula is C26H32BFN4O. The van der Waals surface area contributed by atoms with E-state index in [-0.39, 0.29) is 18.8 Å². The van der Waals surface area contributed by atoms with E-state index in [1.807, 2.05) is 0 Å². The summed E-state index contributed by atoms with van der Waals surface area (Å²) in [4.78, 5) is 8.58. The zero-order chi connectivity index (χ0) is 22.4. The number of rotatable bonds is 7. The first-order valence-corrected chi connectivity index (χ1v) is 12.4. The Hall–Kier alpha value is -2.35. The van der Waals surface area contributed by atoms with Crippen LogP contribution in [0.15, 0.2) is 48.5 Å². The minimum Gasteiger partial charge on any atom is -0.390 e. The molecule has 3 aliphatic heterocycles. The number of aliphatic hydroxyl groups excluding tert-OH is 1. The molecule has 0 saturated carbocycles. The van der Waals surface area contributed by atoms with Crippen molar-refractivity contribution in [3.05, 3.63) is 65.4 Å². The Labute approximate surface area is 195 Å². The van der Waals surface area contributed by atoms with Crippen LogP contribution in [-0.4, -0.2) is 78.1 Å². The van der Waals surface area contributed by atoms with E-state index in [1.54, 1.807) is 0 Å². The number of alkyl halides is 1. The van der Waals surface area contributed by atoms with Gasteiger partial charge in [0, 0.05) is 48.5 Å². The molecule has 6 rings (SSSR count). The third-order valence-electron chi connectivity index (χ3n) is 7.64. The summed E-state index contributed by atoms with van der Waals surface area (Å²) in [6.45, 7) is 2.86. The van der Waals surface area contributed by atoms with Gasteiger partial charge in [-0.15, -0.1) is 0 Å². The largest absolute Gasteiger partial charge is 0.390 e. The molecule has 33 heavy (non-hydrogen) atoms. The average molecular weight is 446 g/mol. The Morgan fingerprint density at radius 2 is 1.94 bits per heavy atom. The lowest BCUT2D eigenvalue weighted by Crippen LogP contribution is -2.38. The van der Waals surface area contributed by atoms with Crippen molar-refractivity contribution in [2.24, 2.45) is 0 Å². The van der Waals surface area contributed by atoms with Crippen LogP contribution in [0.5, 0.6) is 0 Å². The Kier molecular flexibility index (Phi) is 5.64. The van der Waals surface area contributed by atoms with Crippen LogP contribution >= 0.6 is 0 Å². The highest BCUT2D eigenvalue weighted by molar-refractivity contribution is 6.51. The maximum absolute atomic E-state index is 12.5.